The van der Waals surface area contributed by atoms with Crippen LogP contribution in [0.4, 0.5) is 0 Å². The molecule has 0 aliphatic carbocycles. The summed E-state index contributed by atoms with van der Waals surface area (Å²) in [6.07, 6.45) is 6.77. The van der Waals surface area contributed by atoms with E-state index in [1.165, 1.54) is 6.07 Å². The van der Waals surface area contributed by atoms with E-state index in [2.05, 4.69) is 16.2 Å². The predicted molar refractivity (Wildman–Crippen MR) is 63.7 cm³/mol. The maximum atomic E-state index is 11.7. The van der Waals surface area contributed by atoms with Gasteiger partial charge in [-0.1, -0.05) is 19.3 Å². The molecule has 0 bridgehead atoms. The lowest BCUT2D eigenvalue weighted by Gasteiger charge is -2.11. The third kappa shape index (κ3) is 3.68. The van der Waals surface area contributed by atoms with Crippen LogP contribution in [0.1, 0.15) is 30.1 Å². The molecule has 1 rings (SSSR count). The molecule has 0 aliphatic rings. The number of carbonyl (C=O) groups excluding carboxylic acids is 1. The number of nitrogens with one attached hydrogen (secondary N) is 2. The number of rotatable bonds is 4. The molecule has 1 aromatic rings. The van der Waals surface area contributed by atoms with E-state index < -0.39 is 11.5 Å². The van der Waals surface area contributed by atoms with Crippen LogP contribution in [0.25, 0.3) is 0 Å². The first-order valence-electron chi connectivity index (χ1n) is 5.27. The molecule has 5 heteroatoms. The standard InChI is InChI=1S/C12H14N2O3/c1-3-5-9(4-2)13-12(17)8-6-10(15)14-11(16)7-8/h2,6-7,9H,3,5H2,1H3,(H,13,17)(H2,14,15,16). The maximum Gasteiger partial charge on any atom is 0.252 e. The van der Waals surface area contributed by atoms with Gasteiger partial charge in [0.25, 0.3) is 11.5 Å². The number of amides is 1. The minimum Gasteiger partial charge on any atom is -0.494 e. The molecule has 0 saturated carbocycles. The van der Waals surface area contributed by atoms with E-state index in [-0.39, 0.29) is 17.5 Å². The maximum absolute atomic E-state index is 11.7. The van der Waals surface area contributed by atoms with Crippen molar-refractivity contribution in [2.45, 2.75) is 25.8 Å². The number of hydrogen-bond acceptors (Lipinski definition) is 3. The van der Waals surface area contributed by atoms with E-state index in [0.29, 0.717) is 6.42 Å². The van der Waals surface area contributed by atoms with Crippen molar-refractivity contribution in [1.29, 1.82) is 0 Å². The van der Waals surface area contributed by atoms with Gasteiger partial charge in [-0.05, 0) is 6.42 Å². The van der Waals surface area contributed by atoms with Crippen molar-refractivity contribution in [2.75, 3.05) is 0 Å². The summed E-state index contributed by atoms with van der Waals surface area (Å²) < 4.78 is 0. The lowest BCUT2D eigenvalue weighted by molar-refractivity contribution is 0.0943. The summed E-state index contributed by atoms with van der Waals surface area (Å²) in [7, 11) is 0. The third-order valence-electron chi connectivity index (χ3n) is 2.18. The Kier molecular flexibility index (Phi) is 4.35. The number of carbonyl (C=O) groups is 1. The van der Waals surface area contributed by atoms with Crippen LogP contribution < -0.4 is 10.9 Å². The van der Waals surface area contributed by atoms with Gasteiger partial charge in [0.1, 0.15) is 0 Å². The Labute approximate surface area is 98.9 Å². The topological polar surface area (TPSA) is 82.2 Å². The summed E-state index contributed by atoms with van der Waals surface area (Å²) in [4.78, 5) is 24.9. The number of hydrogen-bond donors (Lipinski definition) is 3. The number of aromatic amines is 1. The largest absolute Gasteiger partial charge is 0.494 e. The van der Waals surface area contributed by atoms with Crippen molar-refractivity contribution in [3.8, 4) is 18.2 Å². The highest BCUT2D eigenvalue weighted by Crippen LogP contribution is 2.05. The van der Waals surface area contributed by atoms with Gasteiger partial charge >= 0.3 is 0 Å². The van der Waals surface area contributed by atoms with Crippen LogP contribution in [-0.4, -0.2) is 22.0 Å². The quantitative estimate of drug-likeness (QED) is 0.668. The Morgan fingerprint density at radius 2 is 2.35 bits per heavy atom. The molecule has 0 fully saturated rings. The Bertz CT molecular complexity index is 499. The molecule has 1 aromatic heterocycles. The van der Waals surface area contributed by atoms with Gasteiger partial charge < -0.3 is 10.4 Å². The molecule has 1 heterocycles. The van der Waals surface area contributed by atoms with Crippen LogP contribution >= 0.6 is 0 Å². The first-order chi connectivity index (χ1) is 8.06. The summed E-state index contributed by atoms with van der Waals surface area (Å²) in [5.74, 6) is 1.63. The van der Waals surface area contributed by atoms with Crippen molar-refractivity contribution in [3.63, 3.8) is 0 Å². The first-order valence-corrected chi connectivity index (χ1v) is 5.27. The van der Waals surface area contributed by atoms with Crippen LogP contribution in [0.3, 0.4) is 0 Å². The van der Waals surface area contributed by atoms with Gasteiger partial charge in [0.15, 0.2) is 5.88 Å². The molecular weight excluding hydrogens is 220 g/mol. The summed E-state index contributed by atoms with van der Waals surface area (Å²) in [5.41, 5.74) is -0.453. The number of aromatic nitrogens is 1. The smallest absolute Gasteiger partial charge is 0.252 e. The Hall–Kier alpha value is -2.22. The lowest BCUT2D eigenvalue weighted by atomic mass is 10.1. The third-order valence-corrected chi connectivity index (χ3v) is 2.18. The zero-order valence-corrected chi connectivity index (χ0v) is 9.49. The average Bonchev–Trinajstić information content (AvgIpc) is 2.27. The van der Waals surface area contributed by atoms with Crippen molar-refractivity contribution in [2.24, 2.45) is 0 Å². The van der Waals surface area contributed by atoms with E-state index in [1.54, 1.807) is 0 Å². The van der Waals surface area contributed by atoms with Crippen LogP contribution in [-0.2, 0) is 0 Å². The van der Waals surface area contributed by atoms with E-state index >= 15 is 0 Å². The second-order valence-corrected chi connectivity index (χ2v) is 3.60. The number of H-pyrrole nitrogens is 1. The summed E-state index contributed by atoms with van der Waals surface area (Å²) >= 11 is 0. The highest BCUT2D eigenvalue weighted by atomic mass is 16.3. The SMILES string of the molecule is C#CC(CCC)NC(=O)c1cc(O)[nH]c(=O)c1. The van der Waals surface area contributed by atoms with E-state index in [4.69, 9.17) is 11.5 Å². The molecule has 3 N–H and O–H groups in total. The van der Waals surface area contributed by atoms with Gasteiger partial charge in [0.2, 0.25) is 0 Å². The van der Waals surface area contributed by atoms with E-state index in [1.807, 2.05) is 6.92 Å². The lowest BCUT2D eigenvalue weighted by Crippen LogP contribution is -2.34. The second-order valence-electron chi connectivity index (χ2n) is 3.60. The van der Waals surface area contributed by atoms with Gasteiger partial charge in [-0.2, -0.15) is 0 Å². The fourth-order valence-electron chi connectivity index (χ4n) is 1.39. The normalized spacial score (nSPS) is 11.5. The fraction of sp³-hybridized carbons (Fsp3) is 0.333. The summed E-state index contributed by atoms with van der Waals surface area (Å²) in [6, 6.07) is 1.92. The predicted octanol–water partition coefficient (Wildman–Crippen LogP) is 0.612. The van der Waals surface area contributed by atoms with Gasteiger partial charge in [-0.3, -0.25) is 14.6 Å². The zero-order chi connectivity index (χ0) is 12.8. The zero-order valence-electron chi connectivity index (χ0n) is 9.49. The molecule has 0 aromatic carbocycles. The molecule has 1 unspecified atom stereocenters. The van der Waals surface area contributed by atoms with Crippen molar-refractivity contribution in [1.82, 2.24) is 10.3 Å². The molecule has 90 valence electrons. The van der Waals surface area contributed by atoms with Gasteiger partial charge in [0, 0.05) is 12.1 Å². The minimum atomic E-state index is -0.539. The minimum absolute atomic E-state index is 0.0857. The van der Waals surface area contributed by atoms with Gasteiger partial charge in [-0.25, -0.2) is 0 Å². The molecule has 0 saturated heterocycles. The Morgan fingerprint density at radius 3 is 2.88 bits per heavy atom. The first kappa shape index (κ1) is 12.8. The highest BCUT2D eigenvalue weighted by Gasteiger charge is 2.12. The molecule has 17 heavy (non-hydrogen) atoms. The Morgan fingerprint density at radius 1 is 1.65 bits per heavy atom. The van der Waals surface area contributed by atoms with Crippen molar-refractivity contribution < 1.29 is 9.90 Å². The molecular formula is C12H14N2O3. The number of aromatic hydroxyl groups is 1. The monoisotopic (exact) mass is 234 g/mol. The van der Waals surface area contributed by atoms with Crippen molar-refractivity contribution in [3.05, 3.63) is 28.0 Å². The average molecular weight is 234 g/mol. The van der Waals surface area contributed by atoms with Gasteiger partial charge in [-0.15, -0.1) is 6.42 Å². The molecule has 0 aliphatic heterocycles. The Balaban J connectivity index is 2.83. The summed E-state index contributed by atoms with van der Waals surface area (Å²) in [5, 5.41) is 11.8. The molecule has 0 spiro atoms. The molecule has 5 nitrogen and oxygen atoms in total. The van der Waals surface area contributed by atoms with Crippen LogP contribution in [0.2, 0.25) is 0 Å². The van der Waals surface area contributed by atoms with Crippen LogP contribution in [0.5, 0.6) is 5.88 Å². The highest BCUT2D eigenvalue weighted by molar-refractivity contribution is 5.94. The van der Waals surface area contributed by atoms with Crippen LogP contribution in [0, 0.1) is 12.3 Å². The van der Waals surface area contributed by atoms with Crippen molar-refractivity contribution >= 4 is 5.91 Å². The van der Waals surface area contributed by atoms with Crippen LogP contribution in [0.15, 0.2) is 16.9 Å². The molecule has 1 atom stereocenters. The van der Waals surface area contributed by atoms with Gasteiger partial charge in [0.05, 0.1) is 11.6 Å². The van der Waals surface area contributed by atoms with E-state index in [9.17, 15) is 9.59 Å². The molecule has 0 radical (unpaired) electrons. The number of pyridine rings is 1. The molecule has 1 amide bonds. The second kappa shape index (κ2) is 5.75. The fourth-order valence-corrected chi connectivity index (χ4v) is 1.39. The van der Waals surface area contributed by atoms with E-state index in [0.717, 1.165) is 12.5 Å². The summed E-state index contributed by atoms with van der Waals surface area (Å²) in [6.45, 7) is 1.95. The number of terminal acetylenes is 1.